The first-order valence-corrected chi connectivity index (χ1v) is 6.85. The molecule has 0 radical (unpaired) electrons. The van der Waals surface area contributed by atoms with E-state index in [2.05, 4.69) is 10.4 Å². The largest absolute Gasteiger partial charge is 0.368 e. The first kappa shape index (κ1) is 14.5. The number of aryl methyl sites for hydroxylation is 2. The van der Waals surface area contributed by atoms with Crippen molar-refractivity contribution in [1.82, 2.24) is 20.0 Å². The van der Waals surface area contributed by atoms with Crippen molar-refractivity contribution in [2.75, 3.05) is 19.6 Å². The van der Waals surface area contributed by atoms with Crippen molar-refractivity contribution in [3.05, 3.63) is 17.5 Å². The quantitative estimate of drug-likeness (QED) is 0.743. The second-order valence-corrected chi connectivity index (χ2v) is 5.04. The van der Waals surface area contributed by atoms with Crippen LogP contribution in [0.1, 0.15) is 29.5 Å². The van der Waals surface area contributed by atoms with Gasteiger partial charge in [-0.2, -0.15) is 5.10 Å². The minimum absolute atomic E-state index is 0.00924. The summed E-state index contributed by atoms with van der Waals surface area (Å²) in [7, 11) is 1.74. The van der Waals surface area contributed by atoms with Gasteiger partial charge in [-0.15, -0.1) is 0 Å². The van der Waals surface area contributed by atoms with E-state index in [1.807, 2.05) is 6.92 Å². The molecule has 2 amide bonds. The van der Waals surface area contributed by atoms with E-state index >= 15 is 0 Å². The summed E-state index contributed by atoms with van der Waals surface area (Å²) in [5.74, 6) is -0.685. The van der Waals surface area contributed by atoms with Gasteiger partial charge in [0, 0.05) is 19.6 Å². The number of rotatable bonds is 5. The zero-order chi connectivity index (χ0) is 14.7. The number of nitrogens with zero attached hydrogens (tertiary/aromatic N) is 3. The zero-order valence-corrected chi connectivity index (χ0v) is 11.9. The molecule has 2 heterocycles. The fourth-order valence-corrected chi connectivity index (χ4v) is 2.49. The number of carbonyl (C=O) groups excluding carboxylic acids is 2. The first-order valence-electron chi connectivity index (χ1n) is 6.85. The molecular weight excluding hydrogens is 258 g/mol. The highest BCUT2D eigenvalue weighted by atomic mass is 16.2. The highest BCUT2D eigenvalue weighted by Crippen LogP contribution is 2.14. The summed E-state index contributed by atoms with van der Waals surface area (Å²) in [6, 6.07) is 1.79. The molecule has 1 aromatic heterocycles. The van der Waals surface area contributed by atoms with Crippen LogP contribution in [0.25, 0.3) is 0 Å². The van der Waals surface area contributed by atoms with Crippen molar-refractivity contribution in [2.24, 2.45) is 12.8 Å². The van der Waals surface area contributed by atoms with Crippen LogP contribution in [0, 0.1) is 0 Å². The number of nitrogens with one attached hydrogen (secondary N) is 1. The van der Waals surface area contributed by atoms with Gasteiger partial charge in [0.15, 0.2) is 0 Å². The Hall–Kier alpha value is -1.89. The minimum atomic E-state index is -0.497. The fraction of sp³-hybridized carbons (Fsp3) is 0.615. The molecule has 110 valence electrons. The Morgan fingerprint density at radius 2 is 2.35 bits per heavy atom. The normalized spacial score (nSPS) is 18.2. The molecule has 0 aromatic carbocycles. The number of aromatic nitrogens is 2. The van der Waals surface area contributed by atoms with Crippen LogP contribution < -0.4 is 11.1 Å². The molecule has 20 heavy (non-hydrogen) atoms. The summed E-state index contributed by atoms with van der Waals surface area (Å²) >= 11 is 0. The van der Waals surface area contributed by atoms with Gasteiger partial charge in [0.25, 0.3) is 5.91 Å². The molecule has 3 N–H and O–H groups in total. The van der Waals surface area contributed by atoms with Gasteiger partial charge < -0.3 is 16.0 Å². The lowest BCUT2D eigenvalue weighted by Crippen LogP contribution is -2.46. The van der Waals surface area contributed by atoms with Gasteiger partial charge in [-0.3, -0.25) is 14.3 Å². The molecule has 0 aliphatic carbocycles. The summed E-state index contributed by atoms with van der Waals surface area (Å²) in [4.78, 5) is 25.4. The lowest BCUT2D eigenvalue weighted by atomic mass is 10.2. The maximum absolute atomic E-state index is 12.6. The summed E-state index contributed by atoms with van der Waals surface area (Å²) < 4.78 is 1.57. The molecule has 1 unspecified atom stereocenters. The Kier molecular flexibility index (Phi) is 4.39. The summed E-state index contributed by atoms with van der Waals surface area (Å²) in [5, 5.41) is 7.47. The van der Waals surface area contributed by atoms with Crippen molar-refractivity contribution in [3.63, 3.8) is 0 Å². The van der Waals surface area contributed by atoms with E-state index in [4.69, 9.17) is 5.73 Å². The summed E-state index contributed by atoms with van der Waals surface area (Å²) in [6.45, 7) is 3.47. The van der Waals surface area contributed by atoms with E-state index in [-0.39, 0.29) is 18.5 Å². The molecule has 0 spiro atoms. The number of nitrogens with two attached hydrogens (primary N) is 1. The van der Waals surface area contributed by atoms with E-state index in [1.54, 1.807) is 22.7 Å². The molecular formula is C13H21N5O2. The van der Waals surface area contributed by atoms with Crippen LogP contribution in [-0.4, -0.2) is 52.2 Å². The van der Waals surface area contributed by atoms with Crippen LogP contribution in [-0.2, 0) is 18.3 Å². The Balaban J connectivity index is 2.24. The van der Waals surface area contributed by atoms with Crippen molar-refractivity contribution in [3.8, 4) is 0 Å². The third kappa shape index (κ3) is 2.98. The van der Waals surface area contributed by atoms with Crippen LogP contribution in [0.15, 0.2) is 6.07 Å². The predicted molar refractivity (Wildman–Crippen MR) is 74.1 cm³/mol. The van der Waals surface area contributed by atoms with Crippen LogP contribution in [0.2, 0.25) is 0 Å². The van der Waals surface area contributed by atoms with E-state index < -0.39 is 5.91 Å². The SMILES string of the molecule is CCc1cc(C(=O)N(CC(N)=O)C2CCNC2)n(C)n1. The average Bonchev–Trinajstić information content (AvgIpc) is 3.04. The number of primary amides is 1. The third-order valence-corrected chi connectivity index (χ3v) is 3.57. The number of hydrogen-bond acceptors (Lipinski definition) is 4. The number of amides is 2. The lowest BCUT2D eigenvalue weighted by Gasteiger charge is -2.27. The van der Waals surface area contributed by atoms with Crippen molar-refractivity contribution >= 4 is 11.8 Å². The fourth-order valence-electron chi connectivity index (χ4n) is 2.49. The number of hydrogen-bond donors (Lipinski definition) is 2. The van der Waals surface area contributed by atoms with Crippen LogP contribution in [0.3, 0.4) is 0 Å². The van der Waals surface area contributed by atoms with Crippen LogP contribution >= 0.6 is 0 Å². The molecule has 1 aliphatic heterocycles. The highest BCUT2D eigenvalue weighted by Gasteiger charge is 2.30. The molecule has 1 aromatic rings. The third-order valence-electron chi connectivity index (χ3n) is 3.57. The molecule has 7 nitrogen and oxygen atoms in total. The number of carbonyl (C=O) groups is 2. The maximum atomic E-state index is 12.6. The predicted octanol–water partition coefficient (Wildman–Crippen LogP) is -0.728. The molecule has 1 fully saturated rings. The van der Waals surface area contributed by atoms with Crippen molar-refractivity contribution in [1.29, 1.82) is 0 Å². The van der Waals surface area contributed by atoms with Gasteiger partial charge in [0.1, 0.15) is 12.2 Å². The van der Waals surface area contributed by atoms with Gasteiger partial charge >= 0.3 is 0 Å². The molecule has 1 aliphatic rings. The Morgan fingerprint density at radius 3 is 2.85 bits per heavy atom. The second kappa shape index (κ2) is 6.04. The summed E-state index contributed by atoms with van der Waals surface area (Å²) in [5.41, 5.74) is 6.63. The molecule has 1 saturated heterocycles. The smallest absolute Gasteiger partial charge is 0.272 e. The molecule has 0 bridgehead atoms. The Bertz CT molecular complexity index is 505. The maximum Gasteiger partial charge on any atom is 0.272 e. The summed E-state index contributed by atoms with van der Waals surface area (Å²) in [6.07, 6.45) is 1.60. The lowest BCUT2D eigenvalue weighted by molar-refractivity contribution is -0.119. The Morgan fingerprint density at radius 1 is 1.60 bits per heavy atom. The Labute approximate surface area is 118 Å². The average molecular weight is 279 g/mol. The molecule has 7 heteroatoms. The van der Waals surface area contributed by atoms with Crippen LogP contribution in [0.5, 0.6) is 0 Å². The molecule has 1 atom stereocenters. The van der Waals surface area contributed by atoms with Gasteiger partial charge in [0.2, 0.25) is 5.91 Å². The van der Waals surface area contributed by atoms with E-state index in [0.717, 1.165) is 25.1 Å². The van der Waals surface area contributed by atoms with Crippen molar-refractivity contribution < 1.29 is 9.59 Å². The standard InChI is InChI=1S/C13H21N5O2/c1-3-9-6-11(17(2)16-9)13(20)18(8-12(14)19)10-4-5-15-7-10/h6,10,15H,3-5,7-8H2,1-2H3,(H2,14,19). The van der Waals surface area contributed by atoms with Crippen LogP contribution in [0.4, 0.5) is 0 Å². The first-order chi connectivity index (χ1) is 9.52. The molecule has 2 rings (SSSR count). The minimum Gasteiger partial charge on any atom is -0.368 e. The monoisotopic (exact) mass is 279 g/mol. The van der Waals surface area contributed by atoms with E-state index in [9.17, 15) is 9.59 Å². The van der Waals surface area contributed by atoms with Gasteiger partial charge in [-0.05, 0) is 25.5 Å². The topological polar surface area (TPSA) is 93.2 Å². The van der Waals surface area contributed by atoms with E-state index in [1.165, 1.54) is 0 Å². The van der Waals surface area contributed by atoms with Gasteiger partial charge in [-0.25, -0.2) is 0 Å². The zero-order valence-electron chi connectivity index (χ0n) is 11.9. The molecule has 0 saturated carbocycles. The van der Waals surface area contributed by atoms with Crippen molar-refractivity contribution in [2.45, 2.75) is 25.8 Å². The van der Waals surface area contributed by atoms with Gasteiger partial charge in [0.05, 0.1) is 5.69 Å². The van der Waals surface area contributed by atoms with Gasteiger partial charge in [-0.1, -0.05) is 6.92 Å². The second-order valence-electron chi connectivity index (χ2n) is 5.04. The van der Waals surface area contributed by atoms with E-state index in [0.29, 0.717) is 12.2 Å². The highest BCUT2D eigenvalue weighted by molar-refractivity contribution is 5.95.